The van der Waals surface area contributed by atoms with E-state index in [9.17, 15) is 9.59 Å². The average Bonchev–Trinajstić information content (AvgIpc) is 2.49. The number of hydrogen-bond donors (Lipinski definition) is 2. The molecule has 23 heavy (non-hydrogen) atoms. The van der Waals surface area contributed by atoms with Crippen LogP contribution in [0.25, 0.3) is 0 Å². The van der Waals surface area contributed by atoms with Gasteiger partial charge < -0.3 is 10.8 Å². The molecule has 0 unspecified atom stereocenters. The summed E-state index contributed by atoms with van der Waals surface area (Å²) in [5, 5.41) is 8.77. The Balaban J connectivity index is 2.19. The van der Waals surface area contributed by atoms with Gasteiger partial charge in [0.25, 0.3) is 0 Å². The number of Topliss-reactive ketones (excluding diaryl/α,β-unsaturated/α-hetero) is 1. The quantitative estimate of drug-likeness (QED) is 0.751. The third-order valence-corrected chi connectivity index (χ3v) is 3.44. The number of anilines is 1. The monoisotopic (exact) mass is 313 g/mol. The predicted molar refractivity (Wildman–Crippen MR) is 87.4 cm³/mol. The van der Waals surface area contributed by atoms with Gasteiger partial charge in [-0.05, 0) is 24.2 Å². The Morgan fingerprint density at radius 1 is 1.13 bits per heavy atom. The largest absolute Gasteiger partial charge is 0.480 e. The van der Waals surface area contributed by atoms with Crippen molar-refractivity contribution >= 4 is 17.6 Å². The summed E-state index contributed by atoms with van der Waals surface area (Å²) in [5.41, 5.74) is 8.14. The lowest BCUT2D eigenvalue weighted by Gasteiger charge is -2.15. The fourth-order valence-electron chi connectivity index (χ4n) is 2.37. The number of pyridine rings is 1. The fraction of sp³-hybridized carbons (Fsp3) is 0.235. The molecule has 1 aromatic carbocycles. The van der Waals surface area contributed by atoms with E-state index in [0.29, 0.717) is 17.8 Å². The molecule has 0 spiro atoms. The number of carboxylic acids is 1. The average molecular weight is 313 g/mol. The van der Waals surface area contributed by atoms with E-state index < -0.39 is 5.97 Å². The van der Waals surface area contributed by atoms with Crippen molar-refractivity contribution in [2.45, 2.75) is 6.42 Å². The van der Waals surface area contributed by atoms with E-state index in [2.05, 4.69) is 4.98 Å². The van der Waals surface area contributed by atoms with Crippen molar-refractivity contribution in [1.29, 1.82) is 0 Å². The van der Waals surface area contributed by atoms with E-state index in [-0.39, 0.29) is 18.9 Å². The lowest BCUT2D eigenvalue weighted by Crippen LogP contribution is -2.31. The molecule has 0 aliphatic heterocycles. The molecule has 0 atom stereocenters. The summed E-state index contributed by atoms with van der Waals surface area (Å²) in [4.78, 5) is 28.7. The first-order valence-corrected chi connectivity index (χ1v) is 7.18. The molecule has 0 aliphatic carbocycles. The lowest BCUT2D eigenvalue weighted by molar-refractivity contribution is -0.137. The molecular weight excluding hydrogens is 294 g/mol. The Bertz CT molecular complexity index is 716. The number of nitrogens with zero attached hydrogens (tertiary/aromatic N) is 2. The van der Waals surface area contributed by atoms with Crippen LogP contribution in [0.3, 0.4) is 0 Å². The minimum atomic E-state index is -0.961. The normalized spacial score (nSPS) is 10.7. The van der Waals surface area contributed by atoms with Crippen molar-refractivity contribution in [2.75, 3.05) is 25.9 Å². The second-order valence-corrected chi connectivity index (χ2v) is 5.37. The molecule has 0 aliphatic rings. The Morgan fingerprint density at radius 2 is 1.83 bits per heavy atom. The van der Waals surface area contributed by atoms with E-state index >= 15 is 0 Å². The molecule has 0 amide bonds. The summed E-state index contributed by atoms with van der Waals surface area (Å²) in [6.45, 7) is -0.130. The number of benzene rings is 1. The second kappa shape index (κ2) is 7.51. The van der Waals surface area contributed by atoms with Gasteiger partial charge in [-0.1, -0.05) is 30.3 Å². The maximum absolute atomic E-state index is 12.5. The van der Waals surface area contributed by atoms with Crippen molar-refractivity contribution in [3.05, 3.63) is 59.3 Å². The number of aromatic nitrogens is 1. The van der Waals surface area contributed by atoms with Gasteiger partial charge in [0, 0.05) is 18.2 Å². The summed E-state index contributed by atoms with van der Waals surface area (Å²) < 4.78 is 0. The van der Waals surface area contributed by atoms with Crippen LogP contribution in [-0.4, -0.2) is 46.9 Å². The standard InChI is InChI=1S/C17H19N3O3/c1-20(11-16(22)23)10-15(21)14-7-3-2-5-12(14)9-13-6-4-8-19-17(13)18/h2-8H,9-11H2,1H3,(H2,18,19)(H,22,23). The molecule has 1 aromatic heterocycles. The number of rotatable bonds is 7. The molecule has 0 fully saturated rings. The number of aliphatic carboxylic acids is 1. The van der Waals surface area contributed by atoms with Crippen LogP contribution < -0.4 is 5.73 Å². The van der Waals surface area contributed by atoms with Crippen molar-refractivity contribution in [1.82, 2.24) is 9.88 Å². The second-order valence-electron chi connectivity index (χ2n) is 5.37. The smallest absolute Gasteiger partial charge is 0.317 e. The summed E-state index contributed by atoms with van der Waals surface area (Å²) in [7, 11) is 1.60. The highest BCUT2D eigenvalue weighted by molar-refractivity contribution is 5.99. The number of carbonyl (C=O) groups excluding carboxylic acids is 1. The van der Waals surface area contributed by atoms with Crippen LogP contribution in [0.1, 0.15) is 21.5 Å². The van der Waals surface area contributed by atoms with Crippen molar-refractivity contribution in [3.8, 4) is 0 Å². The highest BCUT2D eigenvalue weighted by atomic mass is 16.4. The van der Waals surface area contributed by atoms with Gasteiger partial charge in [0.2, 0.25) is 0 Å². The number of carbonyl (C=O) groups is 2. The first-order valence-electron chi connectivity index (χ1n) is 7.18. The minimum Gasteiger partial charge on any atom is -0.480 e. The summed E-state index contributed by atoms with van der Waals surface area (Å²) >= 11 is 0. The molecular formula is C17H19N3O3. The van der Waals surface area contributed by atoms with Gasteiger partial charge in [-0.15, -0.1) is 0 Å². The molecule has 2 rings (SSSR count). The minimum absolute atomic E-state index is 0.0475. The molecule has 0 radical (unpaired) electrons. The molecule has 1 heterocycles. The Kier molecular flexibility index (Phi) is 5.43. The van der Waals surface area contributed by atoms with Crippen molar-refractivity contribution in [2.24, 2.45) is 0 Å². The Hall–Kier alpha value is -2.73. The SMILES string of the molecule is CN(CC(=O)O)CC(=O)c1ccccc1Cc1cccnc1N. The molecule has 6 heteroatoms. The van der Waals surface area contributed by atoms with Crippen LogP contribution in [0.5, 0.6) is 0 Å². The topological polar surface area (TPSA) is 96.5 Å². The van der Waals surface area contributed by atoms with Crippen molar-refractivity contribution < 1.29 is 14.7 Å². The number of ketones is 1. The van der Waals surface area contributed by atoms with Gasteiger partial charge in [0.15, 0.2) is 5.78 Å². The molecule has 2 aromatic rings. The van der Waals surface area contributed by atoms with Crippen LogP contribution in [0.15, 0.2) is 42.6 Å². The third kappa shape index (κ3) is 4.62. The van der Waals surface area contributed by atoms with Crippen LogP contribution in [0.4, 0.5) is 5.82 Å². The van der Waals surface area contributed by atoms with E-state index in [1.54, 1.807) is 31.4 Å². The number of nitrogen functional groups attached to an aromatic ring is 1. The predicted octanol–water partition coefficient (Wildman–Crippen LogP) is 1.45. The van der Waals surface area contributed by atoms with Crippen LogP contribution in [0.2, 0.25) is 0 Å². The Labute approximate surface area is 134 Å². The molecule has 6 nitrogen and oxygen atoms in total. The summed E-state index contributed by atoms with van der Waals surface area (Å²) in [6, 6.07) is 11.0. The maximum atomic E-state index is 12.5. The number of nitrogens with two attached hydrogens (primary N) is 1. The Morgan fingerprint density at radius 3 is 2.52 bits per heavy atom. The molecule has 120 valence electrons. The van der Waals surface area contributed by atoms with Gasteiger partial charge in [0.05, 0.1) is 13.1 Å². The maximum Gasteiger partial charge on any atom is 0.317 e. The highest BCUT2D eigenvalue weighted by Crippen LogP contribution is 2.18. The van der Waals surface area contributed by atoms with Gasteiger partial charge in [-0.25, -0.2) is 4.98 Å². The van der Waals surface area contributed by atoms with Gasteiger partial charge in [-0.2, -0.15) is 0 Å². The zero-order valence-corrected chi connectivity index (χ0v) is 12.9. The molecule has 0 saturated carbocycles. The van der Waals surface area contributed by atoms with E-state index in [0.717, 1.165) is 11.1 Å². The van der Waals surface area contributed by atoms with E-state index in [1.807, 2.05) is 18.2 Å². The van der Waals surface area contributed by atoms with Crippen LogP contribution >= 0.6 is 0 Å². The number of hydrogen-bond acceptors (Lipinski definition) is 5. The van der Waals surface area contributed by atoms with Crippen LogP contribution in [-0.2, 0) is 11.2 Å². The zero-order valence-electron chi connectivity index (χ0n) is 12.9. The lowest BCUT2D eigenvalue weighted by atomic mass is 9.97. The molecule has 3 N–H and O–H groups in total. The summed E-state index contributed by atoms with van der Waals surface area (Å²) in [5.74, 6) is -0.638. The van der Waals surface area contributed by atoms with E-state index in [4.69, 9.17) is 10.8 Å². The first-order chi connectivity index (χ1) is 11.0. The first kappa shape index (κ1) is 16.6. The van der Waals surface area contributed by atoms with Gasteiger partial charge in [0.1, 0.15) is 5.82 Å². The third-order valence-electron chi connectivity index (χ3n) is 3.44. The van der Waals surface area contributed by atoms with Crippen molar-refractivity contribution in [3.63, 3.8) is 0 Å². The highest BCUT2D eigenvalue weighted by Gasteiger charge is 2.15. The zero-order chi connectivity index (χ0) is 16.8. The van der Waals surface area contributed by atoms with Crippen LogP contribution in [0, 0.1) is 0 Å². The number of carboxylic acid groups (broad SMARTS) is 1. The molecule has 0 bridgehead atoms. The number of likely N-dealkylation sites (N-methyl/N-ethyl adjacent to an activating group) is 1. The summed E-state index contributed by atoms with van der Waals surface area (Å²) in [6.07, 6.45) is 2.13. The fourth-order valence-corrected chi connectivity index (χ4v) is 2.37. The van der Waals surface area contributed by atoms with Gasteiger partial charge in [-0.3, -0.25) is 14.5 Å². The van der Waals surface area contributed by atoms with E-state index in [1.165, 1.54) is 4.90 Å². The van der Waals surface area contributed by atoms with Gasteiger partial charge >= 0.3 is 5.97 Å². The molecule has 0 saturated heterocycles.